The first-order valence-electron chi connectivity index (χ1n) is 35.1. The number of hydrogen-bond acceptors (Lipinski definition) is 5. The summed E-state index contributed by atoms with van der Waals surface area (Å²) < 4.78 is 10.8. The van der Waals surface area contributed by atoms with E-state index in [9.17, 15) is 14.7 Å². The molecule has 0 radical (unpaired) electrons. The molecule has 0 aromatic rings. The van der Waals surface area contributed by atoms with Gasteiger partial charge in [-0.1, -0.05) is 334 Å². The third kappa shape index (κ3) is 68.8. The fourth-order valence-corrected chi connectivity index (χ4v) is 10.0. The van der Waals surface area contributed by atoms with E-state index in [4.69, 9.17) is 9.47 Å². The van der Waals surface area contributed by atoms with Crippen LogP contribution in [0.25, 0.3) is 0 Å². The summed E-state index contributed by atoms with van der Waals surface area (Å²) in [7, 11) is 0. The molecule has 0 amide bonds. The molecule has 0 spiro atoms. The fourth-order valence-electron chi connectivity index (χ4n) is 10.0. The van der Waals surface area contributed by atoms with E-state index in [0.29, 0.717) is 12.8 Å². The van der Waals surface area contributed by atoms with Gasteiger partial charge in [0.15, 0.2) is 6.10 Å². The van der Waals surface area contributed by atoms with Crippen LogP contribution in [0.5, 0.6) is 0 Å². The highest BCUT2D eigenvalue weighted by molar-refractivity contribution is 5.70. The smallest absolute Gasteiger partial charge is 0.306 e. The first-order valence-corrected chi connectivity index (χ1v) is 35.1. The van der Waals surface area contributed by atoms with E-state index in [0.717, 1.165) is 96.3 Å². The predicted octanol–water partition coefficient (Wildman–Crippen LogP) is 24.5. The average Bonchev–Trinajstić information content (AvgIpc) is 3.49. The maximum Gasteiger partial charge on any atom is 0.306 e. The Balaban J connectivity index is 3.49. The molecule has 0 aromatic carbocycles. The molecule has 0 aliphatic carbocycles. The van der Waals surface area contributed by atoms with Crippen molar-refractivity contribution >= 4 is 11.9 Å². The summed E-state index contributed by atoms with van der Waals surface area (Å²) in [5, 5.41) is 9.71. The number of aliphatic hydroxyl groups excluding tert-OH is 1. The van der Waals surface area contributed by atoms with Gasteiger partial charge in [0.2, 0.25) is 0 Å². The average molecular weight is 1140 g/mol. The van der Waals surface area contributed by atoms with Gasteiger partial charge < -0.3 is 14.6 Å². The monoisotopic (exact) mass is 1140 g/mol. The molecule has 0 fully saturated rings. The molecule has 5 nitrogen and oxygen atoms in total. The minimum Gasteiger partial charge on any atom is -0.462 e. The Morgan fingerprint density at radius 1 is 0.293 bits per heavy atom. The van der Waals surface area contributed by atoms with Gasteiger partial charge in [-0.05, 0) is 109 Å². The van der Waals surface area contributed by atoms with Crippen molar-refractivity contribution in [1.82, 2.24) is 0 Å². The van der Waals surface area contributed by atoms with Gasteiger partial charge >= 0.3 is 11.9 Å². The van der Waals surface area contributed by atoms with Gasteiger partial charge in [0.25, 0.3) is 0 Å². The van der Waals surface area contributed by atoms with Crippen LogP contribution in [0.1, 0.15) is 335 Å². The number of carbonyl (C=O) groups is 2. The highest BCUT2D eigenvalue weighted by atomic mass is 16.6. The zero-order valence-electron chi connectivity index (χ0n) is 54.0. The van der Waals surface area contributed by atoms with Crippen molar-refractivity contribution in [3.63, 3.8) is 0 Å². The second-order valence-corrected chi connectivity index (χ2v) is 23.2. The van der Waals surface area contributed by atoms with Crippen LogP contribution in [0, 0.1) is 0 Å². The van der Waals surface area contributed by atoms with Crippen LogP contribution in [0.15, 0.2) is 122 Å². The van der Waals surface area contributed by atoms with Crippen molar-refractivity contribution in [2.45, 2.75) is 341 Å². The summed E-state index contributed by atoms with van der Waals surface area (Å²) in [6.45, 7) is 4.04. The Bertz CT molecular complexity index is 1620. The zero-order valence-corrected chi connectivity index (χ0v) is 54.0. The third-order valence-corrected chi connectivity index (χ3v) is 15.2. The number of aliphatic hydroxyl groups is 1. The van der Waals surface area contributed by atoms with Crippen LogP contribution in [-0.2, 0) is 19.1 Å². The van der Waals surface area contributed by atoms with Gasteiger partial charge in [-0.15, -0.1) is 0 Å². The predicted molar refractivity (Wildman–Crippen MR) is 362 cm³/mol. The molecule has 0 aromatic heterocycles. The number of esters is 2. The fraction of sp³-hybridized carbons (Fsp3) is 0.714. The molecule has 82 heavy (non-hydrogen) atoms. The number of carbonyl (C=O) groups excluding carboxylic acids is 2. The maximum atomic E-state index is 12.4. The van der Waals surface area contributed by atoms with Crippen molar-refractivity contribution in [3.8, 4) is 0 Å². The van der Waals surface area contributed by atoms with Crippen LogP contribution < -0.4 is 0 Å². The van der Waals surface area contributed by atoms with Crippen LogP contribution in [0.4, 0.5) is 0 Å². The Labute approximate surface area is 509 Å². The zero-order chi connectivity index (χ0) is 59.1. The molecule has 0 saturated heterocycles. The third-order valence-electron chi connectivity index (χ3n) is 15.2. The summed E-state index contributed by atoms with van der Waals surface area (Å²) in [6.07, 6.45) is 105. The first-order chi connectivity index (χ1) is 40.6. The molecule has 0 saturated carbocycles. The SMILES string of the molecule is CC/C=C\C/C=C\C/C=C\C/C=C\C/C=C\C/C=C\C/C=C\C/C=C\CCCCCCCCCCCCCCC(=O)OC(CO)COC(=O)CCCCCCCCCCCCCCCCCCCCC/C=C\C/C=C\CCCCCCC. The molecule has 0 rings (SSSR count). The Morgan fingerprint density at radius 2 is 0.524 bits per heavy atom. The molecule has 1 N–H and O–H groups in total. The highest BCUT2D eigenvalue weighted by Crippen LogP contribution is 2.17. The second kappa shape index (κ2) is 71.6. The summed E-state index contributed by atoms with van der Waals surface area (Å²) in [4.78, 5) is 24.7. The van der Waals surface area contributed by atoms with E-state index in [-0.39, 0.29) is 25.2 Å². The molecule has 0 aliphatic rings. The van der Waals surface area contributed by atoms with Crippen molar-refractivity contribution in [3.05, 3.63) is 122 Å². The molecule has 0 heterocycles. The van der Waals surface area contributed by atoms with Gasteiger partial charge in [0, 0.05) is 12.8 Å². The molecule has 1 unspecified atom stereocenters. The van der Waals surface area contributed by atoms with Crippen LogP contribution in [0.3, 0.4) is 0 Å². The van der Waals surface area contributed by atoms with Crippen molar-refractivity contribution in [2.75, 3.05) is 13.2 Å². The lowest BCUT2D eigenvalue weighted by atomic mass is 10.0. The second-order valence-electron chi connectivity index (χ2n) is 23.2. The molecule has 0 aliphatic heterocycles. The van der Waals surface area contributed by atoms with Gasteiger partial charge in [-0.3, -0.25) is 9.59 Å². The number of hydrogen-bond donors (Lipinski definition) is 1. The van der Waals surface area contributed by atoms with Crippen molar-refractivity contribution < 1.29 is 24.2 Å². The molecule has 5 heteroatoms. The van der Waals surface area contributed by atoms with E-state index in [1.54, 1.807) is 0 Å². The minimum absolute atomic E-state index is 0.0685. The molecule has 470 valence electrons. The Hall–Kier alpha value is -3.70. The summed E-state index contributed by atoms with van der Waals surface area (Å²) in [5.74, 6) is -0.584. The molecular weight excluding hydrogens is 1000 g/mol. The largest absolute Gasteiger partial charge is 0.462 e. The molecule has 0 bridgehead atoms. The normalized spacial score (nSPS) is 13.0. The quantitative estimate of drug-likeness (QED) is 0.0373. The van der Waals surface area contributed by atoms with E-state index >= 15 is 0 Å². The Kier molecular flexibility index (Phi) is 68.3. The number of unbranched alkanes of at least 4 members (excludes halogenated alkanes) is 36. The highest BCUT2D eigenvalue weighted by Gasteiger charge is 2.16. The summed E-state index contributed by atoms with van der Waals surface area (Å²) in [5.41, 5.74) is 0. The van der Waals surface area contributed by atoms with E-state index in [1.807, 2.05) is 0 Å². The molecule has 1 atom stereocenters. The van der Waals surface area contributed by atoms with Gasteiger partial charge in [0.05, 0.1) is 6.61 Å². The lowest BCUT2D eigenvalue weighted by Gasteiger charge is -2.15. The summed E-state index contributed by atoms with van der Waals surface area (Å²) >= 11 is 0. The van der Waals surface area contributed by atoms with Gasteiger partial charge in [-0.2, -0.15) is 0 Å². The molecular formula is C77H132O5. The van der Waals surface area contributed by atoms with Crippen LogP contribution in [0.2, 0.25) is 0 Å². The summed E-state index contributed by atoms with van der Waals surface area (Å²) in [6, 6.07) is 0. The van der Waals surface area contributed by atoms with Crippen molar-refractivity contribution in [2.24, 2.45) is 0 Å². The van der Waals surface area contributed by atoms with E-state index in [2.05, 4.69) is 135 Å². The standard InChI is InChI=1S/C77H132O5/c1-3-5-7-9-11-13-15-17-19-21-23-25-27-29-31-33-35-36-37-38-39-40-42-44-46-48-50-52-54-56-58-60-62-64-66-68-70-72-77(80)82-75(73-78)74-81-76(79)71-69-67-65-63-61-59-57-55-53-51-49-47-45-43-41-34-32-30-28-26-24-22-20-18-16-14-12-10-8-6-4-2/h5,7,11,13,16-19,22-25,29,31,35-36,38-39,42,44,75,78H,3-4,6,8-10,12,14-15,20-21,26-28,30,32-34,37,40-41,43,45-74H2,1-2H3/b7-5-,13-11-,18-16-,19-17-,24-22-,25-23-,31-29-,36-35-,39-38-,44-42-. The van der Waals surface area contributed by atoms with Gasteiger partial charge in [-0.25, -0.2) is 0 Å². The minimum atomic E-state index is -0.780. The number of ether oxygens (including phenoxy) is 2. The van der Waals surface area contributed by atoms with Crippen LogP contribution in [-0.4, -0.2) is 36.4 Å². The Morgan fingerprint density at radius 3 is 0.793 bits per heavy atom. The van der Waals surface area contributed by atoms with Crippen molar-refractivity contribution in [1.29, 1.82) is 0 Å². The van der Waals surface area contributed by atoms with E-state index < -0.39 is 6.10 Å². The number of allylic oxidation sites excluding steroid dienone is 20. The lowest BCUT2D eigenvalue weighted by molar-refractivity contribution is -0.161. The lowest BCUT2D eigenvalue weighted by Crippen LogP contribution is -2.28. The topological polar surface area (TPSA) is 72.8 Å². The number of rotatable bonds is 64. The van der Waals surface area contributed by atoms with Gasteiger partial charge in [0.1, 0.15) is 6.61 Å². The first kappa shape index (κ1) is 78.3. The maximum absolute atomic E-state index is 12.4. The van der Waals surface area contributed by atoms with Crippen LogP contribution >= 0.6 is 0 Å². The van der Waals surface area contributed by atoms with E-state index in [1.165, 1.54) is 212 Å².